The lowest BCUT2D eigenvalue weighted by Crippen LogP contribution is -2.23. The Bertz CT molecular complexity index is 661. The van der Waals surface area contributed by atoms with Crippen LogP contribution in [0, 0.1) is 13.8 Å². The fourth-order valence-corrected chi connectivity index (χ4v) is 3.50. The number of hydrogen-bond acceptors (Lipinski definition) is 5. The van der Waals surface area contributed by atoms with Crippen LogP contribution >= 0.6 is 22.9 Å². The monoisotopic (exact) mass is 317 g/mol. The number of sulfonamides is 1. The van der Waals surface area contributed by atoms with Gasteiger partial charge in [-0.3, -0.25) is 0 Å². The normalized spacial score (nSPS) is 11.7. The molecule has 0 saturated carbocycles. The van der Waals surface area contributed by atoms with Gasteiger partial charge in [-0.1, -0.05) is 0 Å². The summed E-state index contributed by atoms with van der Waals surface area (Å²) in [5, 5.41) is 0.0171. The number of rotatable bonds is 4. The Hall–Kier alpha value is -1.02. The predicted molar refractivity (Wildman–Crippen MR) is 74.9 cm³/mol. The fraction of sp³-hybridized carbons (Fsp3) is 0.273. The summed E-state index contributed by atoms with van der Waals surface area (Å²) in [6.07, 6.45) is 2.37. The molecule has 2 rings (SSSR count). The molecule has 0 radical (unpaired) electrons. The largest absolute Gasteiger partial charge is 0.243 e. The second kappa shape index (κ2) is 5.54. The molecule has 0 spiro atoms. The Morgan fingerprint density at radius 1 is 1.32 bits per heavy atom. The summed E-state index contributed by atoms with van der Waals surface area (Å²) >= 11 is 7.09. The van der Waals surface area contributed by atoms with E-state index in [9.17, 15) is 8.42 Å². The van der Waals surface area contributed by atoms with Gasteiger partial charge in [0, 0.05) is 16.3 Å². The Morgan fingerprint density at radius 2 is 1.95 bits per heavy atom. The van der Waals surface area contributed by atoms with E-state index in [1.54, 1.807) is 11.3 Å². The number of nitrogens with one attached hydrogen (secondary N) is 1. The van der Waals surface area contributed by atoms with Crippen LogP contribution in [0.25, 0.3) is 0 Å². The number of hydrogen-bond donors (Lipinski definition) is 1. The highest BCUT2D eigenvalue weighted by molar-refractivity contribution is 7.89. The van der Waals surface area contributed by atoms with Crippen LogP contribution in [0.2, 0.25) is 5.28 Å². The lowest BCUT2D eigenvalue weighted by Gasteiger charge is -2.04. The molecular weight excluding hydrogens is 306 g/mol. The summed E-state index contributed by atoms with van der Waals surface area (Å²) in [6.45, 7) is 4.26. The van der Waals surface area contributed by atoms with Crippen molar-refractivity contribution in [2.24, 2.45) is 0 Å². The molecule has 0 saturated heterocycles. The van der Waals surface area contributed by atoms with E-state index < -0.39 is 10.0 Å². The van der Waals surface area contributed by atoms with E-state index in [1.807, 2.05) is 19.9 Å². The Labute approximate surface area is 120 Å². The average Bonchev–Trinajstić information content (AvgIpc) is 2.67. The first-order valence-corrected chi connectivity index (χ1v) is 8.09. The summed E-state index contributed by atoms with van der Waals surface area (Å²) in [4.78, 5) is 9.46. The minimum Gasteiger partial charge on any atom is -0.225 e. The van der Waals surface area contributed by atoms with Gasteiger partial charge in [-0.05, 0) is 37.1 Å². The number of halogens is 1. The molecule has 0 aliphatic rings. The third-order valence-corrected chi connectivity index (χ3v) is 5.26. The molecule has 0 bridgehead atoms. The standard InChI is InChI=1S/C11H12ClN3O2S2/c1-7-3-9(18-8(7)2)4-15-19(16,17)10-5-13-11(12)14-6-10/h3,5-6,15H,4H2,1-2H3. The van der Waals surface area contributed by atoms with E-state index in [4.69, 9.17) is 11.6 Å². The van der Waals surface area contributed by atoms with Crippen LogP contribution < -0.4 is 4.72 Å². The molecule has 0 aromatic carbocycles. The molecule has 8 heteroatoms. The Kier molecular flexibility index (Phi) is 4.19. The number of nitrogens with zero attached hydrogens (tertiary/aromatic N) is 2. The molecule has 102 valence electrons. The van der Waals surface area contributed by atoms with Crippen molar-refractivity contribution in [3.8, 4) is 0 Å². The molecule has 0 atom stereocenters. The third kappa shape index (κ3) is 3.50. The molecule has 2 aromatic heterocycles. The highest BCUT2D eigenvalue weighted by Crippen LogP contribution is 2.20. The van der Waals surface area contributed by atoms with E-state index in [-0.39, 0.29) is 16.7 Å². The Morgan fingerprint density at radius 3 is 2.47 bits per heavy atom. The highest BCUT2D eigenvalue weighted by Gasteiger charge is 2.15. The quantitative estimate of drug-likeness (QED) is 0.878. The van der Waals surface area contributed by atoms with Crippen molar-refractivity contribution < 1.29 is 8.42 Å². The maximum atomic E-state index is 12.0. The van der Waals surface area contributed by atoms with Gasteiger partial charge in [-0.15, -0.1) is 11.3 Å². The van der Waals surface area contributed by atoms with Crippen LogP contribution in [0.5, 0.6) is 0 Å². The minimum atomic E-state index is -3.61. The second-order valence-corrected chi connectivity index (χ2v) is 7.41. The van der Waals surface area contributed by atoms with Gasteiger partial charge in [0.05, 0.1) is 12.4 Å². The average molecular weight is 318 g/mol. The van der Waals surface area contributed by atoms with E-state index in [0.29, 0.717) is 0 Å². The zero-order valence-electron chi connectivity index (χ0n) is 10.3. The van der Waals surface area contributed by atoms with Crippen molar-refractivity contribution in [2.45, 2.75) is 25.3 Å². The van der Waals surface area contributed by atoms with Crippen molar-refractivity contribution in [1.82, 2.24) is 14.7 Å². The first-order chi connectivity index (χ1) is 8.88. The van der Waals surface area contributed by atoms with Gasteiger partial charge in [0.25, 0.3) is 0 Å². The van der Waals surface area contributed by atoms with Gasteiger partial charge in [0.2, 0.25) is 15.3 Å². The van der Waals surface area contributed by atoms with E-state index >= 15 is 0 Å². The summed E-state index contributed by atoms with van der Waals surface area (Å²) < 4.78 is 26.5. The summed E-state index contributed by atoms with van der Waals surface area (Å²) in [7, 11) is -3.61. The van der Waals surface area contributed by atoms with E-state index in [2.05, 4.69) is 14.7 Å². The molecule has 0 aliphatic carbocycles. The molecule has 2 aromatic rings. The number of aryl methyl sites for hydroxylation is 2. The molecule has 1 N–H and O–H groups in total. The third-order valence-electron chi connectivity index (χ3n) is 2.56. The highest BCUT2D eigenvalue weighted by atomic mass is 35.5. The molecule has 0 unspecified atom stereocenters. The minimum absolute atomic E-state index is 0.00176. The zero-order chi connectivity index (χ0) is 14.0. The van der Waals surface area contributed by atoms with E-state index in [1.165, 1.54) is 17.3 Å². The van der Waals surface area contributed by atoms with Gasteiger partial charge < -0.3 is 0 Å². The second-order valence-electron chi connectivity index (χ2n) is 3.96. The van der Waals surface area contributed by atoms with Crippen molar-refractivity contribution >= 4 is 33.0 Å². The molecule has 0 fully saturated rings. The number of aromatic nitrogens is 2. The number of thiophene rings is 1. The summed E-state index contributed by atoms with van der Waals surface area (Å²) in [5.74, 6) is 0. The van der Waals surface area contributed by atoms with Gasteiger partial charge in [0.15, 0.2) is 0 Å². The van der Waals surface area contributed by atoms with Crippen molar-refractivity contribution in [2.75, 3.05) is 0 Å². The van der Waals surface area contributed by atoms with Crippen molar-refractivity contribution in [3.05, 3.63) is 39.1 Å². The first-order valence-electron chi connectivity index (χ1n) is 5.41. The van der Waals surface area contributed by atoms with Crippen LogP contribution in [-0.4, -0.2) is 18.4 Å². The van der Waals surface area contributed by atoms with Crippen LogP contribution in [0.3, 0.4) is 0 Å². The molecule has 0 amide bonds. The first kappa shape index (κ1) is 14.4. The fourth-order valence-electron chi connectivity index (χ4n) is 1.43. The summed E-state index contributed by atoms with van der Waals surface area (Å²) in [6, 6.07) is 1.97. The van der Waals surface area contributed by atoms with E-state index in [0.717, 1.165) is 10.4 Å². The van der Waals surface area contributed by atoms with Crippen molar-refractivity contribution in [3.63, 3.8) is 0 Å². The molecular formula is C11H12ClN3O2S2. The lowest BCUT2D eigenvalue weighted by molar-refractivity contribution is 0.581. The smallest absolute Gasteiger partial charge is 0.225 e. The molecule has 5 nitrogen and oxygen atoms in total. The van der Waals surface area contributed by atoms with Crippen molar-refractivity contribution in [1.29, 1.82) is 0 Å². The Balaban J connectivity index is 2.11. The summed E-state index contributed by atoms with van der Waals surface area (Å²) in [5.41, 5.74) is 1.16. The topological polar surface area (TPSA) is 72.0 Å². The molecule has 19 heavy (non-hydrogen) atoms. The zero-order valence-corrected chi connectivity index (χ0v) is 12.7. The lowest BCUT2D eigenvalue weighted by atomic mass is 10.3. The van der Waals surface area contributed by atoms with Gasteiger partial charge in [0.1, 0.15) is 4.90 Å². The maximum Gasteiger partial charge on any atom is 0.243 e. The van der Waals surface area contributed by atoms with Crippen LogP contribution in [0.1, 0.15) is 15.3 Å². The molecule has 2 heterocycles. The predicted octanol–water partition coefficient (Wildman–Crippen LogP) is 2.29. The van der Waals surface area contributed by atoms with Crippen LogP contribution in [0.4, 0.5) is 0 Å². The van der Waals surface area contributed by atoms with Gasteiger partial charge in [-0.2, -0.15) is 0 Å². The SMILES string of the molecule is Cc1cc(CNS(=O)(=O)c2cnc(Cl)nc2)sc1C. The maximum absolute atomic E-state index is 12.0. The van der Waals surface area contributed by atoms with Crippen LogP contribution in [-0.2, 0) is 16.6 Å². The van der Waals surface area contributed by atoms with Gasteiger partial charge >= 0.3 is 0 Å². The van der Waals surface area contributed by atoms with Gasteiger partial charge in [-0.25, -0.2) is 23.1 Å². The van der Waals surface area contributed by atoms with Crippen LogP contribution in [0.15, 0.2) is 23.4 Å². The molecule has 0 aliphatic heterocycles.